The highest BCUT2D eigenvalue weighted by atomic mass is 32.1. The lowest BCUT2D eigenvalue weighted by molar-refractivity contribution is 0.0424. The molecule has 8 heteroatoms. The summed E-state index contributed by atoms with van der Waals surface area (Å²) < 4.78 is 10.4. The van der Waals surface area contributed by atoms with Gasteiger partial charge in [0.1, 0.15) is 5.01 Å². The lowest BCUT2D eigenvalue weighted by Gasteiger charge is -1.99. The molecule has 0 unspecified atom stereocenters. The minimum atomic E-state index is -0.515. The van der Waals surface area contributed by atoms with Gasteiger partial charge in [-0.2, -0.15) is 4.98 Å². The number of carbonyl (C=O) groups is 1. The Hall–Kier alpha value is -2.84. The summed E-state index contributed by atoms with van der Waals surface area (Å²) in [6, 6.07) is 12.0. The summed E-state index contributed by atoms with van der Waals surface area (Å²) in [6.07, 6.45) is 0.986. The second-order valence-electron chi connectivity index (χ2n) is 5.65. The number of aromatic nitrogens is 3. The molecule has 0 spiro atoms. The fourth-order valence-corrected chi connectivity index (χ4v) is 3.85. The van der Waals surface area contributed by atoms with Crippen LogP contribution in [-0.2, 0) is 17.8 Å². The van der Waals surface area contributed by atoms with Crippen LogP contribution in [0.5, 0.6) is 0 Å². The van der Waals surface area contributed by atoms with E-state index < -0.39 is 5.97 Å². The Kier molecular flexibility index (Phi) is 5.08. The molecule has 4 rings (SSSR count). The number of carbonyl (C=O) groups excluding carboxylic acids is 1. The zero-order valence-corrected chi connectivity index (χ0v) is 16.0. The van der Waals surface area contributed by atoms with E-state index >= 15 is 0 Å². The Labute approximate surface area is 163 Å². The van der Waals surface area contributed by atoms with Crippen molar-refractivity contribution in [3.8, 4) is 21.3 Å². The number of ether oxygens (including phenoxy) is 1. The molecule has 0 radical (unpaired) electrons. The molecular weight excluding hydrogens is 382 g/mol. The Morgan fingerprint density at radius 1 is 1.15 bits per heavy atom. The summed E-state index contributed by atoms with van der Waals surface area (Å²) in [7, 11) is 0. The maximum Gasteiger partial charge on any atom is 0.358 e. The van der Waals surface area contributed by atoms with Crippen LogP contribution in [0.25, 0.3) is 21.3 Å². The van der Waals surface area contributed by atoms with Gasteiger partial charge in [0.25, 0.3) is 5.89 Å². The van der Waals surface area contributed by atoms with E-state index in [1.165, 1.54) is 28.2 Å². The quantitative estimate of drug-likeness (QED) is 0.433. The van der Waals surface area contributed by atoms with Crippen molar-refractivity contribution >= 4 is 28.6 Å². The summed E-state index contributed by atoms with van der Waals surface area (Å²) in [5.74, 6) is 0.221. The Balaban J connectivity index is 1.39. The fourth-order valence-electron chi connectivity index (χ4n) is 2.40. The molecule has 0 aliphatic rings. The molecule has 0 atom stereocenters. The molecule has 136 valence electrons. The largest absolute Gasteiger partial charge is 0.451 e. The first-order valence-corrected chi connectivity index (χ1v) is 10.1. The van der Waals surface area contributed by atoms with Crippen molar-refractivity contribution in [3.63, 3.8) is 0 Å². The smallest absolute Gasteiger partial charge is 0.358 e. The molecular formula is C19H15N3O3S2. The van der Waals surface area contributed by atoms with Crippen molar-refractivity contribution in [1.29, 1.82) is 0 Å². The maximum absolute atomic E-state index is 12.2. The molecule has 1 aromatic carbocycles. The monoisotopic (exact) mass is 397 g/mol. The molecule has 0 saturated carbocycles. The molecule has 3 heterocycles. The van der Waals surface area contributed by atoms with Gasteiger partial charge in [0.2, 0.25) is 5.82 Å². The summed E-state index contributed by atoms with van der Waals surface area (Å²) in [4.78, 5) is 21.7. The second kappa shape index (κ2) is 7.81. The first-order valence-electron chi connectivity index (χ1n) is 8.31. The molecule has 0 saturated heterocycles. The van der Waals surface area contributed by atoms with E-state index in [2.05, 4.69) is 34.2 Å². The van der Waals surface area contributed by atoms with Crippen molar-refractivity contribution in [2.24, 2.45) is 0 Å². The van der Waals surface area contributed by atoms with Gasteiger partial charge >= 0.3 is 5.97 Å². The molecule has 3 aromatic heterocycles. The lowest BCUT2D eigenvalue weighted by atomic mass is 10.1. The van der Waals surface area contributed by atoms with E-state index in [0.29, 0.717) is 5.82 Å². The van der Waals surface area contributed by atoms with Gasteiger partial charge in [-0.05, 0) is 23.4 Å². The number of nitrogens with zero attached hydrogens (tertiary/aromatic N) is 3. The first-order chi connectivity index (χ1) is 13.2. The number of hydrogen-bond acceptors (Lipinski definition) is 8. The fraction of sp³-hybridized carbons (Fsp3) is 0.158. The Bertz CT molecular complexity index is 1040. The van der Waals surface area contributed by atoms with Gasteiger partial charge in [0.05, 0.1) is 4.88 Å². The average Bonchev–Trinajstić information content (AvgIpc) is 3.47. The number of thiophene rings is 1. The predicted molar refractivity (Wildman–Crippen MR) is 104 cm³/mol. The zero-order valence-electron chi connectivity index (χ0n) is 14.4. The molecule has 0 aliphatic heterocycles. The lowest BCUT2D eigenvalue weighted by Crippen LogP contribution is -2.05. The molecule has 0 fully saturated rings. The van der Waals surface area contributed by atoms with Gasteiger partial charge in [-0.3, -0.25) is 0 Å². The average molecular weight is 397 g/mol. The Morgan fingerprint density at radius 3 is 2.74 bits per heavy atom. The second-order valence-corrected chi connectivity index (χ2v) is 7.46. The van der Waals surface area contributed by atoms with Crippen molar-refractivity contribution < 1.29 is 14.1 Å². The third kappa shape index (κ3) is 3.96. The Morgan fingerprint density at radius 2 is 2.00 bits per heavy atom. The van der Waals surface area contributed by atoms with E-state index in [1.807, 2.05) is 29.6 Å². The molecule has 27 heavy (non-hydrogen) atoms. The topological polar surface area (TPSA) is 78.1 Å². The van der Waals surface area contributed by atoms with E-state index in [0.717, 1.165) is 21.9 Å². The molecule has 6 nitrogen and oxygen atoms in total. The van der Waals surface area contributed by atoms with Crippen molar-refractivity contribution in [2.75, 3.05) is 0 Å². The van der Waals surface area contributed by atoms with Crippen molar-refractivity contribution in [2.45, 2.75) is 20.0 Å². The normalized spacial score (nSPS) is 10.9. The molecule has 0 bridgehead atoms. The number of hydrogen-bond donors (Lipinski definition) is 0. The van der Waals surface area contributed by atoms with Crippen LogP contribution in [0.1, 0.15) is 28.9 Å². The van der Waals surface area contributed by atoms with Crippen LogP contribution in [0.3, 0.4) is 0 Å². The highest BCUT2D eigenvalue weighted by molar-refractivity contribution is 7.13. The highest BCUT2D eigenvalue weighted by Gasteiger charge is 2.16. The van der Waals surface area contributed by atoms with Gasteiger partial charge in [0, 0.05) is 10.9 Å². The summed E-state index contributed by atoms with van der Waals surface area (Å²) in [6.45, 7) is 2.02. The van der Waals surface area contributed by atoms with Crippen LogP contribution < -0.4 is 0 Å². The van der Waals surface area contributed by atoms with E-state index in [4.69, 9.17) is 9.26 Å². The third-order valence-electron chi connectivity index (χ3n) is 3.86. The molecule has 0 N–H and O–H groups in total. The van der Waals surface area contributed by atoms with Crippen LogP contribution in [0.15, 0.2) is 51.7 Å². The zero-order chi connectivity index (χ0) is 18.6. The van der Waals surface area contributed by atoms with Gasteiger partial charge < -0.3 is 9.26 Å². The minimum absolute atomic E-state index is 0.0880. The van der Waals surface area contributed by atoms with Crippen molar-refractivity contribution in [1.82, 2.24) is 15.1 Å². The van der Waals surface area contributed by atoms with Gasteiger partial charge in [0.15, 0.2) is 12.3 Å². The number of benzene rings is 1. The van der Waals surface area contributed by atoms with E-state index in [1.54, 1.807) is 5.38 Å². The first kappa shape index (κ1) is 17.6. The molecule has 4 aromatic rings. The number of thiazole rings is 1. The van der Waals surface area contributed by atoms with Crippen LogP contribution in [0, 0.1) is 0 Å². The molecule has 0 amide bonds. The van der Waals surface area contributed by atoms with Gasteiger partial charge in [-0.25, -0.2) is 9.78 Å². The number of rotatable bonds is 6. The van der Waals surface area contributed by atoms with E-state index in [9.17, 15) is 4.79 Å². The predicted octanol–water partition coefficient (Wildman–Crippen LogP) is 4.84. The minimum Gasteiger partial charge on any atom is -0.451 e. The van der Waals surface area contributed by atoms with Crippen LogP contribution >= 0.6 is 22.7 Å². The van der Waals surface area contributed by atoms with Crippen molar-refractivity contribution in [3.05, 3.63) is 64.3 Å². The van der Waals surface area contributed by atoms with Gasteiger partial charge in [-0.1, -0.05) is 42.4 Å². The van der Waals surface area contributed by atoms with E-state index in [-0.39, 0.29) is 18.2 Å². The SMILES string of the molecule is CCc1ccc(-c2nc(C(=O)OCc3nc(-c4cccs4)no3)cs2)cc1. The summed E-state index contributed by atoms with van der Waals surface area (Å²) >= 11 is 2.92. The highest BCUT2D eigenvalue weighted by Crippen LogP contribution is 2.25. The third-order valence-corrected chi connectivity index (χ3v) is 5.62. The van der Waals surface area contributed by atoms with Gasteiger partial charge in [-0.15, -0.1) is 22.7 Å². The van der Waals surface area contributed by atoms with Crippen LogP contribution in [0.4, 0.5) is 0 Å². The number of esters is 1. The number of aryl methyl sites for hydroxylation is 1. The standard InChI is InChI=1S/C19H15N3O3S2/c1-2-12-5-7-13(8-6-12)18-20-14(11-27-18)19(23)24-10-16-21-17(22-25-16)15-4-3-9-26-15/h3-9,11H,2,10H2,1H3. The van der Waals surface area contributed by atoms with Crippen LogP contribution in [0.2, 0.25) is 0 Å². The summed E-state index contributed by atoms with van der Waals surface area (Å²) in [5.41, 5.74) is 2.51. The summed E-state index contributed by atoms with van der Waals surface area (Å²) in [5, 5.41) is 8.29. The molecule has 0 aliphatic carbocycles. The van der Waals surface area contributed by atoms with Crippen LogP contribution in [-0.4, -0.2) is 21.1 Å². The maximum atomic E-state index is 12.2.